The van der Waals surface area contributed by atoms with E-state index in [0.29, 0.717) is 0 Å². The van der Waals surface area contributed by atoms with Crippen LogP contribution in [0.25, 0.3) is 0 Å². The lowest BCUT2D eigenvalue weighted by molar-refractivity contribution is 0.0511. The molecule has 13 heavy (non-hydrogen) atoms. The molecule has 0 heterocycles. The van der Waals surface area contributed by atoms with Gasteiger partial charge in [0.2, 0.25) is 0 Å². The summed E-state index contributed by atoms with van der Waals surface area (Å²) in [7, 11) is 1.60. The molecule has 0 atom stereocenters. The number of methoxy groups -OCH3 is 1. The zero-order chi connectivity index (χ0) is 9.68. The topological polar surface area (TPSA) is 18.5 Å². The summed E-state index contributed by atoms with van der Waals surface area (Å²) >= 11 is 6.82. The highest BCUT2D eigenvalue weighted by atomic mass is 79.9. The predicted octanol–water partition coefficient (Wildman–Crippen LogP) is 3.46. The number of rotatable bonds is 4. The van der Waals surface area contributed by atoms with E-state index in [-0.39, 0.29) is 10.5 Å². The Balaban J connectivity index is 2.59. The van der Waals surface area contributed by atoms with Crippen molar-refractivity contribution in [3.63, 3.8) is 0 Å². The van der Waals surface area contributed by atoms with E-state index in [2.05, 4.69) is 31.9 Å². The molecule has 0 bridgehead atoms. The van der Waals surface area contributed by atoms with Crippen LogP contribution in [-0.2, 0) is 4.74 Å². The third-order valence-corrected chi connectivity index (χ3v) is 2.53. The van der Waals surface area contributed by atoms with Crippen LogP contribution in [0.1, 0.15) is 9.30 Å². The van der Waals surface area contributed by atoms with Crippen LogP contribution >= 0.6 is 31.9 Å². The number of halogens is 2. The number of hydrogen-bond acceptors (Lipinski definition) is 2. The molecule has 1 aromatic carbocycles. The Labute approximate surface area is 94.5 Å². The molecule has 2 nitrogen and oxygen atoms in total. The highest BCUT2D eigenvalue weighted by molar-refractivity contribution is 9.24. The second kappa shape index (κ2) is 5.62. The van der Waals surface area contributed by atoms with E-state index in [1.807, 2.05) is 24.3 Å². The van der Waals surface area contributed by atoms with Gasteiger partial charge < -0.3 is 9.47 Å². The molecule has 0 fully saturated rings. The molecule has 1 rings (SSSR count). The van der Waals surface area contributed by atoms with E-state index in [1.54, 1.807) is 7.11 Å². The maximum Gasteiger partial charge on any atom is 0.188 e. The molecule has 0 aromatic heterocycles. The molecule has 72 valence electrons. The minimum Gasteiger partial charge on any atom is -0.468 e. The van der Waals surface area contributed by atoms with Crippen molar-refractivity contribution in [3.05, 3.63) is 29.8 Å². The largest absolute Gasteiger partial charge is 0.468 e. The van der Waals surface area contributed by atoms with Crippen molar-refractivity contribution in [1.29, 1.82) is 0 Å². The molecule has 4 heteroatoms. The number of benzene rings is 1. The Morgan fingerprint density at radius 1 is 1.23 bits per heavy atom. The van der Waals surface area contributed by atoms with Crippen molar-refractivity contribution in [2.75, 3.05) is 13.9 Å². The Morgan fingerprint density at radius 3 is 2.31 bits per heavy atom. The molecule has 0 spiro atoms. The van der Waals surface area contributed by atoms with E-state index in [9.17, 15) is 0 Å². The summed E-state index contributed by atoms with van der Waals surface area (Å²) in [5, 5.41) is 0. The Kier molecular flexibility index (Phi) is 4.77. The molecule has 0 aliphatic heterocycles. The van der Waals surface area contributed by atoms with Crippen LogP contribution in [0, 0.1) is 0 Å². The van der Waals surface area contributed by atoms with Gasteiger partial charge in [-0.15, -0.1) is 0 Å². The van der Waals surface area contributed by atoms with Crippen molar-refractivity contribution in [2.45, 2.75) is 3.74 Å². The Morgan fingerprint density at radius 2 is 1.85 bits per heavy atom. The van der Waals surface area contributed by atoms with Crippen molar-refractivity contribution in [3.8, 4) is 5.75 Å². The van der Waals surface area contributed by atoms with Crippen LogP contribution in [0.2, 0.25) is 0 Å². The highest BCUT2D eigenvalue weighted by Gasteiger charge is 2.01. The molecule has 0 amide bonds. The summed E-state index contributed by atoms with van der Waals surface area (Å²) in [6, 6.07) is 7.78. The molecule has 0 saturated heterocycles. The average molecular weight is 310 g/mol. The maximum atomic E-state index is 5.24. The van der Waals surface area contributed by atoms with Crippen LogP contribution in [0.4, 0.5) is 0 Å². The molecule has 0 saturated carbocycles. The van der Waals surface area contributed by atoms with Gasteiger partial charge in [0.15, 0.2) is 6.79 Å². The monoisotopic (exact) mass is 308 g/mol. The second-order valence-electron chi connectivity index (χ2n) is 2.42. The fraction of sp³-hybridized carbons (Fsp3) is 0.333. The van der Waals surface area contributed by atoms with Crippen LogP contribution < -0.4 is 4.74 Å². The minimum absolute atomic E-state index is 0.191. The van der Waals surface area contributed by atoms with E-state index in [1.165, 1.54) is 0 Å². The van der Waals surface area contributed by atoms with Crippen molar-refractivity contribution in [2.24, 2.45) is 0 Å². The number of ether oxygens (including phenoxy) is 2. The third-order valence-electron chi connectivity index (χ3n) is 1.48. The number of alkyl halides is 2. The maximum absolute atomic E-state index is 5.24. The first-order chi connectivity index (χ1) is 6.24. The van der Waals surface area contributed by atoms with Crippen molar-refractivity contribution >= 4 is 31.9 Å². The van der Waals surface area contributed by atoms with E-state index in [0.717, 1.165) is 11.3 Å². The van der Waals surface area contributed by atoms with E-state index >= 15 is 0 Å². The Bertz CT molecular complexity index is 246. The van der Waals surface area contributed by atoms with Gasteiger partial charge in [-0.3, -0.25) is 0 Å². The summed E-state index contributed by atoms with van der Waals surface area (Å²) in [6.45, 7) is 0.283. The normalized spacial score (nSPS) is 10.5. The lowest BCUT2D eigenvalue weighted by Crippen LogP contribution is -1.98. The summed E-state index contributed by atoms with van der Waals surface area (Å²) in [4.78, 5) is 0. The summed E-state index contributed by atoms with van der Waals surface area (Å²) in [5.74, 6) is 0.811. The van der Waals surface area contributed by atoms with Gasteiger partial charge >= 0.3 is 0 Å². The number of hydrogen-bond donors (Lipinski definition) is 0. The van der Waals surface area contributed by atoms with Crippen LogP contribution in [0.15, 0.2) is 24.3 Å². The molecule has 0 radical (unpaired) electrons. The molecule has 0 unspecified atom stereocenters. The quantitative estimate of drug-likeness (QED) is 0.626. The van der Waals surface area contributed by atoms with Crippen LogP contribution in [-0.4, -0.2) is 13.9 Å². The molecular weight excluding hydrogens is 300 g/mol. The van der Waals surface area contributed by atoms with Gasteiger partial charge in [-0.25, -0.2) is 0 Å². The first kappa shape index (κ1) is 11.0. The standard InChI is InChI=1S/C9H10Br2O2/c1-12-6-13-8-4-2-7(3-5-8)9(10)11/h2-5,9H,6H2,1H3. The fourth-order valence-electron chi connectivity index (χ4n) is 0.836. The van der Waals surface area contributed by atoms with Gasteiger partial charge in [0.05, 0.1) is 3.74 Å². The average Bonchev–Trinajstić information content (AvgIpc) is 2.15. The molecule has 0 aliphatic carbocycles. The van der Waals surface area contributed by atoms with Gasteiger partial charge in [0, 0.05) is 7.11 Å². The van der Waals surface area contributed by atoms with Crippen LogP contribution in [0.5, 0.6) is 5.75 Å². The lowest BCUT2D eigenvalue weighted by atomic mass is 10.2. The smallest absolute Gasteiger partial charge is 0.188 e. The van der Waals surface area contributed by atoms with Crippen molar-refractivity contribution in [1.82, 2.24) is 0 Å². The predicted molar refractivity (Wildman–Crippen MR) is 59.5 cm³/mol. The highest BCUT2D eigenvalue weighted by Crippen LogP contribution is 2.29. The zero-order valence-electron chi connectivity index (χ0n) is 7.17. The molecule has 0 aliphatic rings. The SMILES string of the molecule is COCOc1ccc(C(Br)Br)cc1. The lowest BCUT2D eigenvalue weighted by Gasteiger charge is -2.06. The van der Waals surface area contributed by atoms with Gasteiger partial charge in [-0.1, -0.05) is 44.0 Å². The molecular formula is C9H10Br2O2. The van der Waals surface area contributed by atoms with Crippen molar-refractivity contribution < 1.29 is 9.47 Å². The van der Waals surface area contributed by atoms with Gasteiger partial charge in [-0.05, 0) is 17.7 Å². The first-order valence-corrected chi connectivity index (χ1v) is 5.57. The third kappa shape index (κ3) is 3.67. The van der Waals surface area contributed by atoms with Crippen LogP contribution in [0.3, 0.4) is 0 Å². The van der Waals surface area contributed by atoms with Gasteiger partial charge in [0.1, 0.15) is 5.75 Å². The summed E-state index contributed by atoms with van der Waals surface area (Å²) in [6.07, 6.45) is 0. The van der Waals surface area contributed by atoms with Gasteiger partial charge in [0.25, 0.3) is 0 Å². The Hall–Kier alpha value is -0.0600. The van der Waals surface area contributed by atoms with E-state index < -0.39 is 0 Å². The summed E-state index contributed by atoms with van der Waals surface area (Å²) in [5.41, 5.74) is 1.16. The first-order valence-electron chi connectivity index (χ1n) is 3.74. The molecule has 0 N–H and O–H groups in total. The fourth-order valence-corrected chi connectivity index (χ4v) is 1.45. The second-order valence-corrected chi connectivity index (χ2v) is 5.48. The minimum atomic E-state index is 0.191. The zero-order valence-corrected chi connectivity index (χ0v) is 10.3. The van der Waals surface area contributed by atoms with Gasteiger partial charge in [-0.2, -0.15) is 0 Å². The van der Waals surface area contributed by atoms with E-state index in [4.69, 9.17) is 9.47 Å². The molecule has 1 aromatic rings. The summed E-state index contributed by atoms with van der Waals surface area (Å²) < 4.78 is 10.2.